The van der Waals surface area contributed by atoms with Crippen molar-refractivity contribution in [3.8, 4) is 0 Å². The van der Waals surface area contributed by atoms with E-state index in [0.29, 0.717) is 6.04 Å². The van der Waals surface area contributed by atoms with Crippen LogP contribution in [0.3, 0.4) is 0 Å². The summed E-state index contributed by atoms with van der Waals surface area (Å²) in [4.78, 5) is 0. The zero-order valence-electron chi connectivity index (χ0n) is 10.7. The lowest BCUT2D eigenvalue weighted by Gasteiger charge is -2.15. The summed E-state index contributed by atoms with van der Waals surface area (Å²) in [7, 11) is 0. The monoisotopic (exact) mass is 231 g/mol. The van der Waals surface area contributed by atoms with Crippen molar-refractivity contribution in [2.24, 2.45) is 0 Å². The lowest BCUT2D eigenvalue weighted by atomic mass is 10.1. The Hall–Kier alpha value is -1.35. The molecule has 0 saturated carbocycles. The molecule has 2 aromatic rings. The maximum atomic E-state index is 4.35. The third kappa shape index (κ3) is 2.86. The molecule has 1 N–H and O–H groups in total. The molecule has 1 unspecified atom stereocenters. The highest BCUT2D eigenvalue weighted by atomic mass is 15.2. The number of pyridine rings is 1. The van der Waals surface area contributed by atoms with Crippen LogP contribution in [0.2, 0.25) is 0 Å². The van der Waals surface area contributed by atoms with Gasteiger partial charge in [-0.1, -0.05) is 26.3 Å². The Balaban J connectivity index is 2.03. The van der Waals surface area contributed by atoms with Crippen LogP contribution >= 0.6 is 0 Å². The molecule has 3 nitrogen and oxygen atoms in total. The molecule has 1 atom stereocenters. The van der Waals surface area contributed by atoms with Crippen molar-refractivity contribution in [3.63, 3.8) is 0 Å². The molecule has 0 bridgehead atoms. The number of fused-ring (bicyclic) bond motifs is 1. The van der Waals surface area contributed by atoms with Gasteiger partial charge in [-0.25, -0.2) is 4.52 Å². The number of hydrogen-bond donors (Lipinski definition) is 1. The standard InChI is InChI=1S/C14H21N3/c1-3-7-13(4-2)15-10-12-11-16-17-9-6-5-8-14(12)17/h5-6,8-9,11,13,15H,3-4,7,10H2,1-2H3. The first-order valence-electron chi connectivity index (χ1n) is 6.49. The number of nitrogens with one attached hydrogen (secondary N) is 1. The molecule has 0 aliphatic rings. The zero-order valence-corrected chi connectivity index (χ0v) is 10.7. The molecule has 2 heterocycles. The SMILES string of the molecule is CCCC(CC)NCc1cnn2ccccc12. The Morgan fingerprint density at radius 1 is 1.35 bits per heavy atom. The maximum Gasteiger partial charge on any atom is 0.0706 e. The minimum Gasteiger partial charge on any atom is -0.310 e. The fourth-order valence-electron chi connectivity index (χ4n) is 2.18. The summed E-state index contributed by atoms with van der Waals surface area (Å²) >= 11 is 0. The van der Waals surface area contributed by atoms with Gasteiger partial charge < -0.3 is 5.32 Å². The highest BCUT2D eigenvalue weighted by molar-refractivity contribution is 5.53. The number of nitrogens with zero attached hydrogens (tertiary/aromatic N) is 2. The van der Waals surface area contributed by atoms with Crippen LogP contribution < -0.4 is 5.32 Å². The molecule has 0 aliphatic heterocycles. The molecule has 92 valence electrons. The van der Waals surface area contributed by atoms with Crippen molar-refractivity contribution in [3.05, 3.63) is 36.2 Å². The summed E-state index contributed by atoms with van der Waals surface area (Å²) in [6.45, 7) is 5.38. The predicted molar refractivity (Wildman–Crippen MR) is 71.0 cm³/mol. The molecule has 2 aromatic heterocycles. The summed E-state index contributed by atoms with van der Waals surface area (Å²) in [5.41, 5.74) is 2.48. The highest BCUT2D eigenvalue weighted by Crippen LogP contribution is 2.10. The van der Waals surface area contributed by atoms with Crippen LogP contribution in [-0.4, -0.2) is 15.7 Å². The summed E-state index contributed by atoms with van der Waals surface area (Å²) in [5.74, 6) is 0. The van der Waals surface area contributed by atoms with Gasteiger partial charge in [0.15, 0.2) is 0 Å². The van der Waals surface area contributed by atoms with E-state index in [-0.39, 0.29) is 0 Å². The van der Waals surface area contributed by atoms with Crippen molar-refractivity contribution >= 4 is 5.52 Å². The van der Waals surface area contributed by atoms with Gasteiger partial charge in [0.1, 0.15) is 0 Å². The van der Waals surface area contributed by atoms with Crippen molar-refractivity contribution in [1.29, 1.82) is 0 Å². The second kappa shape index (κ2) is 5.82. The average molecular weight is 231 g/mol. The Bertz CT molecular complexity index is 461. The topological polar surface area (TPSA) is 29.3 Å². The quantitative estimate of drug-likeness (QED) is 0.828. The smallest absolute Gasteiger partial charge is 0.0706 e. The largest absolute Gasteiger partial charge is 0.310 e. The van der Waals surface area contributed by atoms with E-state index < -0.39 is 0 Å². The van der Waals surface area contributed by atoms with E-state index in [9.17, 15) is 0 Å². The molecule has 0 aromatic carbocycles. The Kier molecular flexibility index (Phi) is 4.15. The number of aromatic nitrogens is 2. The second-order valence-electron chi connectivity index (χ2n) is 4.48. The van der Waals surface area contributed by atoms with Gasteiger partial charge in [-0.15, -0.1) is 0 Å². The van der Waals surface area contributed by atoms with Crippen LogP contribution in [0.5, 0.6) is 0 Å². The van der Waals surface area contributed by atoms with E-state index in [1.807, 2.05) is 23.0 Å². The lowest BCUT2D eigenvalue weighted by Crippen LogP contribution is -2.27. The fourth-order valence-corrected chi connectivity index (χ4v) is 2.18. The van der Waals surface area contributed by atoms with E-state index in [1.165, 1.54) is 30.3 Å². The van der Waals surface area contributed by atoms with E-state index in [2.05, 4.69) is 36.4 Å². The highest BCUT2D eigenvalue weighted by Gasteiger charge is 2.07. The molecular formula is C14H21N3. The van der Waals surface area contributed by atoms with Crippen molar-refractivity contribution in [2.45, 2.75) is 45.7 Å². The molecule has 0 fully saturated rings. The fraction of sp³-hybridized carbons (Fsp3) is 0.500. The molecule has 0 spiro atoms. The van der Waals surface area contributed by atoms with Crippen LogP contribution in [-0.2, 0) is 6.54 Å². The first kappa shape index (κ1) is 12.1. The van der Waals surface area contributed by atoms with Crippen molar-refractivity contribution < 1.29 is 0 Å². The maximum absolute atomic E-state index is 4.35. The van der Waals surface area contributed by atoms with Crippen LogP contribution in [0.15, 0.2) is 30.6 Å². The summed E-state index contributed by atoms with van der Waals surface area (Å²) in [6.07, 6.45) is 7.62. The molecule has 3 heteroatoms. The van der Waals surface area contributed by atoms with E-state index in [0.717, 1.165) is 6.54 Å². The van der Waals surface area contributed by atoms with Gasteiger partial charge in [0.25, 0.3) is 0 Å². The van der Waals surface area contributed by atoms with Crippen LogP contribution in [0.4, 0.5) is 0 Å². The number of hydrogen-bond acceptors (Lipinski definition) is 2. The van der Waals surface area contributed by atoms with E-state index in [1.54, 1.807) is 0 Å². The van der Waals surface area contributed by atoms with E-state index in [4.69, 9.17) is 0 Å². The molecule has 0 radical (unpaired) electrons. The van der Waals surface area contributed by atoms with Crippen LogP contribution in [0.1, 0.15) is 38.7 Å². The van der Waals surface area contributed by atoms with Gasteiger partial charge in [0, 0.05) is 24.3 Å². The van der Waals surface area contributed by atoms with Gasteiger partial charge >= 0.3 is 0 Å². The first-order valence-corrected chi connectivity index (χ1v) is 6.49. The molecule has 0 aliphatic carbocycles. The van der Waals surface area contributed by atoms with Gasteiger partial charge in [0.2, 0.25) is 0 Å². The zero-order chi connectivity index (χ0) is 12.1. The third-order valence-corrected chi connectivity index (χ3v) is 3.22. The summed E-state index contributed by atoms with van der Waals surface area (Å²) in [5, 5.41) is 7.96. The second-order valence-corrected chi connectivity index (χ2v) is 4.48. The van der Waals surface area contributed by atoms with Crippen molar-refractivity contribution in [2.75, 3.05) is 0 Å². The Labute approximate surface area is 103 Å². The van der Waals surface area contributed by atoms with Crippen LogP contribution in [0, 0.1) is 0 Å². The molecule has 0 amide bonds. The third-order valence-electron chi connectivity index (χ3n) is 3.22. The number of rotatable bonds is 6. The summed E-state index contributed by atoms with van der Waals surface area (Å²) < 4.78 is 1.93. The minimum atomic E-state index is 0.624. The van der Waals surface area contributed by atoms with Crippen molar-refractivity contribution in [1.82, 2.24) is 14.9 Å². The van der Waals surface area contributed by atoms with Gasteiger partial charge in [-0.3, -0.25) is 0 Å². The Morgan fingerprint density at radius 2 is 2.24 bits per heavy atom. The molecular weight excluding hydrogens is 210 g/mol. The Morgan fingerprint density at radius 3 is 3.00 bits per heavy atom. The lowest BCUT2D eigenvalue weighted by molar-refractivity contribution is 0.463. The summed E-state index contributed by atoms with van der Waals surface area (Å²) in [6, 6.07) is 6.80. The van der Waals surface area contributed by atoms with E-state index >= 15 is 0 Å². The molecule has 17 heavy (non-hydrogen) atoms. The normalized spacial score (nSPS) is 13.1. The average Bonchev–Trinajstić information content (AvgIpc) is 2.78. The van der Waals surface area contributed by atoms with Crippen LogP contribution in [0.25, 0.3) is 5.52 Å². The van der Waals surface area contributed by atoms with Gasteiger partial charge in [0.05, 0.1) is 11.7 Å². The minimum absolute atomic E-state index is 0.624. The van der Waals surface area contributed by atoms with Gasteiger partial charge in [-0.05, 0) is 25.0 Å². The molecule has 0 saturated heterocycles. The van der Waals surface area contributed by atoms with Gasteiger partial charge in [-0.2, -0.15) is 5.10 Å². The first-order chi connectivity index (χ1) is 8.35. The predicted octanol–water partition coefficient (Wildman–Crippen LogP) is 3.00. The molecule has 2 rings (SSSR count).